The summed E-state index contributed by atoms with van der Waals surface area (Å²) >= 11 is 0. The van der Waals surface area contributed by atoms with Gasteiger partial charge in [0.1, 0.15) is 11.5 Å². The number of pyridine rings is 1. The van der Waals surface area contributed by atoms with E-state index in [-0.39, 0.29) is 29.8 Å². The fourth-order valence-corrected chi connectivity index (χ4v) is 4.57. The molecule has 4 rings (SSSR count). The second kappa shape index (κ2) is 12.2. The number of rotatable bonds is 9. The second-order valence-electron chi connectivity index (χ2n) is 10.5. The van der Waals surface area contributed by atoms with E-state index in [0.29, 0.717) is 40.7 Å². The quantitative estimate of drug-likeness (QED) is 0.164. The molecule has 40 heavy (non-hydrogen) atoms. The number of carbonyl (C=O) groups excluding carboxylic acids is 3. The number of aliphatic hydroxyl groups is 1. The van der Waals surface area contributed by atoms with Gasteiger partial charge in [-0.05, 0) is 79.8 Å². The Bertz CT molecular complexity index is 1430. The van der Waals surface area contributed by atoms with Gasteiger partial charge in [-0.3, -0.25) is 24.3 Å². The lowest BCUT2D eigenvalue weighted by Gasteiger charge is -2.25. The maximum atomic E-state index is 13.4. The number of hydrogen-bond acceptors (Lipinski definition) is 7. The number of Topliss-reactive ketones (excluding diaryl/α,β-unsaturated/α-hetero) is 1. The van der Waals surface area contributed by atoms with Gasteiger partial charge in [-0.15, -0.1) is 0 Å². The molecule has 8 nitrogen and oxygen atoms in total. The smallest absolute Gasteiger partial charge is 0.310 e. The number of hydrogen-bond donors (Lipinski definition) is 1. The molecule has 1 N–H and O–H groups in total. The summed E-state index contributed by atoms with van der Waals surface area (Å²) in [6.07, 6.45) is 3.03. The van der Waals surface area contributed by atoms with Crippen molar-refractivity contribution in [1.82, 2.24) is 4.98 Å². The number of carbonyl (C=O) groups is 3. The summed E-state index contributed by atoms with van der Waals surface area (Å²) in [6, 6.07) is 14.5. The maximum absolute atomic E-state index is 13.4. The molecule has 0 spiro atoms. The number of anilines is 1. The summed E-state index contributed by atoms with van der Waals surface area (Å²) in [7, 11) is 0. The van der Waals surface area contributed by atoms with E-state index in [0.717, 1.165) is 5.56 Å². The van der Waals surface area contributed by atoms with E-state index in [1.165, 1.54) is 4.90 Å². The highest BCUT2D eigenvalue weighted by atomic mass is 16.5. The first kappa shape index (κ1) is 28.5. The van der Waals surface area contributed by atoms with Crippen LogP contribution in [0.1, 0.15) is 56.0 Å². The molecular weight excluding hydrogens is 508 g/mol. The number of ether oxygens (including phenoxy) is 2. The number of benzene rings is 2. The molecule has 208 valence electrons. The monoisotopic (exact) mass is 542 g/mol. The largest absolute Gasteiger partial charge is 0.507 e. The third-order valence-corrected chi connectivity index (χ3v) is 6.40. The Morgan fingerprint density at radius 1 is 1.05 bits per heavy atom. The van der Waals surface area contributed by atoms with Crippen molar-refractivity contribution in [2.45, 2.75) is 53.2 Å². The van der Waals surface area contributed by atoms with Crippen molar-refractivity contribution >= 4 is 29.1 Å². The van der Waals surface area contributed by atoms with Gasteiger partial charge in [0, 0.05) is 23.6 Å². The van der Waals surface area contributed by atoms with Crippen molar-refractivity contribution in [3.63, 3.8) is 0 Å². The molecule has 3 aromatic rings. The van der Waals surface area contributed by atoms with Gasteiger partial charge in [0.2, 0.25) is 0 Å². The van der Waals surface area contributed by atoms with Crippen molar-refractivity contribution in [3.8, 4) is 5.75 Å². The summed E-state index contributed by atoms with van der Waals surface area (Å²) in [6.45, 7) is 10.1. The Morgan fingerprint density at radius 2 is 1.77 bits per heavy atom. The zero-order valence-electron chi connectivity index (χ0n) is 23.4. The minimum Gasteiger partial charge on any atom is -0.507 e. The Morgan fingerprint density at radius 3 is 2.38 bits per heavy atom. The Labute approximate surface area is 234 Å². The average Bonchev–Trinajstić information content (AvgIpc) is 3.18. The SMILES string of the molecule is Cc1cc(/C(O)=C2/C(=O)C(=O)N(c3ccc(CC(=O)OC(C)C)cc3)C2c2cccnc2)ccc1OCC(C)C. The van der Waals surface area contributed by atoms with E-state index in [1.54, 1.807) is 80.8 Å². The number of esters is 1. The second-order valence-corrected chi connectivity index (χ2v) is 10.5. The molecule has 0 saturated carbocycles. The Balaban J connectivity index is 1.73. The molecule has 1 atom stereocenters. The number of aromatic nitrogens is 1. The molecule has 0 bridgehead atoms. The molecule has 1 aliphatic heterocycles. The molecular formula is C32H34N2O6. The third-order valence-electron chi connectivity index (χ3n) is 6.40. The van der Waals surface area contributed by atoms with Crippen LogP contribution in [0.25, 0.3) is 5.76 Å². The van der Waals surface area contributed by atoms with Crippen LogP contribution in [0.3, 0.4) is 0 Å². The molecule has 1 aliphatic rings. The van der Waals surface area contributed by atoms with Crippen LogP contribution in [-0.4, -0.2) is 40.5 Å². The normalized spacial score (nSPS) is 16.6. The Kier molecular flexibility index (Phi) is 8.67. The van der Waals surface area contributed by atoms with E-state index in [9.17, 15) is 19.5 Å². The van der Waals surface area contributed by atoms with Gasteiger partial charge in [0.15, 0.2) is 0 Å². The lowest BCUT2D eigenvalue weighted by molar-refractivity contribution is -0.146. The number of aliphatic hydroxyl groups excluding tert-OH is 1. The summed E-state index contributed by atoms with van der Waals surface area (Å²) < 4.78 is 11.1. The minimum atomic E-state index is -0.900. The van der Waals surface area contributed by atoms with E-state index in [2.05, 4.69) is 18.8 Å². The highest BCUT2D eigenvalue weighted by molar-refractivity contribution is 6.51. The van der Waals surface area contributed by atoms with Crippen LogP contribution in [0.15, 0.2) is 72.6 Å². The number of ketones is 1. The van der Waals surface area contributed by atoms with Gasteiger partial charge in [-0.1, -0.05) is 32.0 Å². The highest BCUT2D eigenvalue weighted by Crippen LogP contribution is 2.42. The third kappa shape index (κ3) is 6.22. The van der Waals surface area contributed by atoms with Crippen molar-refractivity contribution in [2.75, 3.05) is 11.5 Å². The molecule has 2 aromatic carbocycles. The molecule has 8 heteroatoms. The molecule has 1 unspecified atom stereocenters. The fraction of sp³-hybridized carbons (Fsp3) is 0.312. The van der Waals surface area contributed by atoms with Crippen LogP contribution in [0.2, 0.25) is 0 Å². The van der Waals surface area contributed by atoms with Crippen LogP contribution in [0, 0.1) is 12.8 Å². The van der Waals surface area contributed by atoms with E-state index < -0.39 is 17.7 Å². The number of aryl methyl sites for hydroxylation is 1. The topological polar surface area (TPSA) is 106 Å². The first-order chi connectivity index (χ1) is 19.1. The average molecular weight is 543 g/mol. The van der Waals surface area contributed by atoms with Gasteiger partial charge in [0.05, 0.1) is 30.7 Å². The molecule has 1 fully saturated rings. The lowest BCUT2D eigenvalue weighted by Crippen LogP contribution is -2.29. The predicted molar refractivity (Wildman–Crippen MR) is 152 cm³/mol. The summed E-state index contributed by atoms with van der Waals surface area (Å²) in [4.78, 5) is 44.4. The minimum absolute atomic E-state index is 0.0298. The zero-order valence-corrected chi connectivity index (χ0v) is 23.4. The lowest BCUT2D eigenvalue weighted by atomic mass is 9.95. The summed E-state index contributed by atoms with van der Waals surface area (Å²) in [5.41, 5.74) is 2.90. The van der Waals surface area contributed by atoms with Gasteiger partial charge < -0.3 is 14.6 Å². The predicted octanol–water partition coefficient (Wildman–Crippen LogP) is 5.55. The fourth-order valence-electron chi connectivity index (χ4n) is 4.57. The Hall–Kier alpha value is -4.46. The summed E-state index contributed by atoms with van der Waals surface area (Å²) in [5, 5.41) is 11.4. The molecule has 1 saturated heterocycles. The van der Waals surface area contributed by atoms with Gasteiger partial charge >= 0.3 is 5.97 Å². The van der Waals surface area contributed by atoms with E-state index in [4.69, 9.17) is 9.47 Å². The number of nitrogens with zero attached hydrogens (tertiary/aromatic N) is 2. The van der Waals surface area contributed by atoms with Crippen LogP contribution in [-0.2, 0) is 25.5 Å². The van der Waals surface area contributed by atoms with Crippen molar-refractivity contribution in [2.24, 2.45) is 5.92 Å². The van der Waals surface area contributed by atoms with Gasteiger partial charge in [-0.2, -0.15) is 0 Å². The van der Waals surface area contributed by atoms with Crippen molar-refractivity contribution in [1.29, 1.82) is 0 Å². The van der Waals surface area contributed by atoms with Crippen molar-refractivity contribution in [3.05, 3.63) is 94.8 Å². The highest BCUT2D eigenvalue weighted by Gasteiger charge is 2.47. The van der Waals surface area contributed by atoms with E-state index >= 15 is 0 Å². The molecule has 1 amide bonds. The molecule has 2 heterocycles. The van der Waals surface area contributed by atoms with Crippen LogP contribution < -0.4 is 9.64 Å². The van der Waals surface area contributed by atoms with E-state index in [1.807, 2.05) is 6.92 Å². The molecule has 0 radical (unpaired) electrons. The first-order valence-corrected chi connectivity index (χ1v) is 13.3. The molecule has 0 aliphatic carbocycles. The molecule has 1 aromatic heterocycles. The van der Waals surface area contributed by atoms with Gasteiger partial charge in [0.25, 0.3) is 11.7 Å². The first-order valence-electron chi connectivity index (χ1n) is 13.3. The van der Waals surface area contributed by atoms with Crippen LogP contribution in [0.5, 0.6) is 5.75 Å². The summed E-state index contributed by atoms with van der Waals surface area (Å²) in [5.74, 6) is -1.15. The van der Waals surface area contributed by atoms with Gasteiger partial charge in [-0.25, -0.2) is 0 Å². The standard InChI is InChI=1S/C32H34N2O6/c1-19(2)18-39-26-13-10-23(15-21(26)5)30(36)28-29(24-7-6-14-33-17-24)34(32(38)31(28)37)25-11-8-22(9-12-25)16-27(35)40-20(3)4/h6-15,17,19-20,29,36H,16,18H2,1-5H3/b30-28-. The zero-order chi connectivity index (χ0) is 29.0. The number of amides is 1. The maximum Gasteiger partial charge on any atom is 0.310 e. The van der Waals surface area contributed by atoms with Crippen LogP contribution in [0.4, 0.5) is 5.69 Å². The van der Waals surface area contributed by atoms with Crippen molar-refractivity contribution < 1.29 is 29.0 Å². The van der Waals surface area contributed by atoms with Crippen LogP contribution >= 0.6 is 0 Å².